The van der Waals surface area contributed by atoms with Crippen LogP contribution in [0.15, 0.2) is 53.5 Å². The number of amides is 1. The molecular weight excluding hydrogens is 362 g/mol. The first-order chi connectivity index (χ1) is 11.9. The summed E-state index contributed by atoms with van der Waals surface area (Å²) in [6.07, 6.45) is 2.79. The minimum absolute atomic E-state index is 0.0284. The number of carbonyl (C=O) groups is 1. The molecule has 2 aromatic carbocycles. The molecule has 0 atom stereocenters. The third-order valence-electron chi connectivity index (χ3n) is 3.48. The number of halogens is 1. The molecule has 1 heterocycles. The maximum absolute atomic E-state index is 12.1. The predicted octanol–water partition coefficient (Wildman–Crippen LogP) is 3.94. The van der Waals surface area contributed by atoms with E-state index in [-0.39, 0.29) is 5.69 Å². The number of thiazole rings is 1. The molecule has 0 saturated heterocycles. The molecule has 3 rings (SSSR count). The molecule has 0 unspecified atom stereocenters. The van der Waals surface area contributed by atoms with Crippen LogP contribution in [0.2, 0.25) is 5.02 Å². The van der Waals surface area contributed by atoms with E-state index in [1.807, 2.05) is 23.7 Å². The molecule has 8 heteroatoms. The second kappa shape index (κ2) is 7.00. The molecule has 3 aromatic rings. The number of non-ortho nitro benzene ring substituents is 1. The summed E-state index contributed by atoms with van der Waals surface area (Å²) < 4.78 is 2.75. The lowest BCUT2D eigenvalue weighted by Gasteiger charge is -1.95. The molecule has 1 aromatic heterocycles. The highest BCUT2D eigenvalue weighted by Crippen LogP contribution is 2.21. The van der Waals surface area contributed by atoms with Crippen LogP contribution in [-0.4, -0.2) is 15.4 Å². The summed E-state index contributed by atoms with van der Waals surface area (Å²) in [5.74, 6) is -0.445. The predicted molar refractivity (Wildman–Crippen MR) is 98.5 cm³/mol. The number of hydrogen-bond acceptors (Lipinski definition) is 4. The smallest absolute Gasteiger partial charge is 0.272 e. The summed E-state index contributed by atoms with van der Waals surface area (Å²) >= 11 is 7.34. The Morgan fingerprint density at radius 3 is 2.88 bits per heavy atom. The third kappa shape index (κ3) is 3.84. The van der Waals surface area contributed by atoms with Crippen molar-refractivity contribution in [3.05, 3.63) is 74.0 Å². The van der Waals surface area contributed by atoms with Crippen molar-refractivity contribution in [2.45, 2.75) is 0 Å². The minimum atomic E-state index is -0.480. The van der Waals surface area contributed by atoms with E-state index in [0.29, 0.717) is 15.4 Å². The Bertz CT molecular complexity index is 1080. The summed E-state index contributed by atoms with van der Waals surface area (Å²) in [5.41, 5.74) is 1.47. The van der Waals surface area contributed by atoms with Crippen LogP contribution in [0, 0.1) is 10.1 Å². The third-order valence-corrected chi connectivity index (χ3v) is 4.81. The normalized spacial score (nSPS) is 12.2. The zero-order valence-corrected chi connectivity index (χ0v) is 14.6. The molecule has 126 valence electrons. The number of nitro benzene ring substituents is 1. The number of aryl methyl sites for hydroxylation is 1. The summed E-state index contributed by atoms with van der Waals surface area (Å²) in [6.45, 7) is 0. The number of nitro groups is 1. The number of nitrogens with zero attached hydrogens (tertiary/aromatic N) is 3. The van der Waals surface area contributed by atoms with Gasteiger partial charge in [-0.05, 0) is 29.8 Å². The SMILES string of the molecule is Cn1c(=NC(=O)/C=C/c2cccc([N+](=O)[O-])c2)sc2cc(Cl)ccc21. The van der Waals surface area contributed by atoms with Gasteiger partial charge in [-0.25, -0.2) is 0 Å². The Morgan fingerprint density at radius 2 is 2.12 bits per heavy atom. The Labute approximate surface area is 151 Å². The Morgan fingerprint density at radius 1 is 1.32 bits per heavy atom. The van der Waals surface area contributed by atoms with E-state index in [9.17, 15) is 14.9 Å². The molecule has 6 nitrogen and oxygen atoms in total. The molecule has 0 aliphatic carbocycles. The molecule has 0 saturated carbocycles. The van der Waals surface area contributed by atoms with Crippen molar-refractivity contribution in [3.8, 4) is 0 Å². The highest BCUT2D eigenvalue weighted by molar-refractivity contribution is 7.16. The molecule has 0 aliphatic rings. The van der Waals surface area contributed by atoms with Gasteiger partial charge in [0.25, 0.3) is 11.6 Å². The maximum Gasteiger partial charge on any atom is 0.272 e. The van der Waals surface area contributed by atoms with Crippen LogP contribution >= 0.6 is 22.9 Å². The van der Waals surface area contributed by atoms with E-state index in [1.54, 1.807) is 18.2 Å². The number of benzene rings is 2. The molecule has 25 heavy (non-hydrogen) atoms. The van der Waals surface area contributed by atoms with E-state index in [0.717, 1.165) is 10.2 Å². The summed E-state index contributed by atoms with van der Waals surface area (Å²) in [6, 6.07) is 11.5. The number of carbonyl (C=O) groups excluding carboxylic acids is 1. The van der Waals surface area contributed by atoms with Crippen molar-refractivity contribution in [1.29, 1.82) is 0 Å². The quantitative estimate of drug-likeness (QED) is 0.396. The van der Waals surface area contributed by atoms with Gasteiger partial charge in [0.15, 0.2) is 4.80 Å². The van der Waals surface area contributed by atoms with Gasteiger partial charge in [-0.1, -0.05) is 35.1 Å². The summed E-state index contributed by atoms with van der Waals surface area (Å²) in [5, 5.41) is 11.4. The topological polar surface area (TPSA) is 77.5 Å². The first-order valence-corrected chi connectivity index (χ1v) is 8.40. The lowest BCUT2D eigenvalue weighted by Crippen LogP contribution is -2.12. The Balaban J connectivity index is 1.89. The van der Waals surface area contributed by atoms with Crippen molar-refractivity contribution in [2.75, 3.05) is 0 Å². The van der Waals surface area contributed by atoms with Crippen LogP contribution in [0.25, 0.3) is 16.3 Å². The highest BCUT2D eigenvalue weighted by atomic mass is 35.5. The standard InChI is InChI=1S/C17H12ClN3O3S/c1-20-14-7-6-12(18)10-15(14)25-17(20)19-16(22)8-5-11-3-2-4-13(9-11)21(23)24/h2-10H,1H3/b8-5+,19-17?. The largest absolute Gasteiger partial charge is 0.319 e. The fourth-order valence-corrected chi connectivity index (χ4v) is 3.56. The maximum atomic E-state index is 12.1. The van der Waals surface area contributed by atoms with Crippen LogP contribution in [-0.2, 0) is 11.8 Å². The van der Waals surface area contributed by atoms with Crippen molar-refractivity contribution >= 4 is 50.8 Å². The average molecular weight is 374 g/mol. The van der Waals surface area contributed by atoms with Crippen molar-refractivity contribution in [2.24, 2.45) is 12.0 Å². The number of rotatable bonds is 3. The fourth-order valence-electron chi connectivity index (χ4n) is 2.26. The van der Waals surface area contributed by atoms with Gasteiger partial charge in [-0.2, -0.15) is 4.99 Å². The first-order valence-electron chi connectivity index (χ1n) is 7.20. The molecule has 0 radical (unpaired) electrons. The van der Waals surface area contributed by atoms with Crippen LogP contribution < -0.4 is 4.80 Å². The molecular formula is C17H12ClN3O3S. The van der Waals surface area contributed by atoms with E-state index < -0.39 is 10.8 Å². The zero-order valence-electron chi connectivity index (χ0n) is 13.0. The van der Waals surface area contributed by atoms with E-state index in [4.69, 9.17) is 11.6 Å². The van der Waals surface area contributed by atoms with Gasteiger partial charge >= 0.3 is 0 Å². The summed E-state index contributed by atoms with van der Waals surface area (Å²) in [4.78, 5) is 27.0. The fraction of sp³-hybridized carbons (Fsp3) is 0.0588. The second-order valence-electron chi connectivity index (χ2n) is 5.19. The van der Waals surface area contributed by atoms with Gasteiger partial charge in [-0.3, -0.25) is 14.9 Å². The van der Waals surface area contributed by atoms with Crippen LogP contribution in [0.3, 0.4) is 0 Å². The van der Waals surface area contributed by atoms with Crippen LogP contribution in [0.1, 0.15) is 5.56 Å². The van der Waals surface area contributed by atoms with Crippen molar-refractivity contribution in [3.63, 3.8) is 0 Å². The van der Waals surface area contributed by atoms with Crippen molar-refractivity contribution in [1.82, 2.24) is 4.57 Å². The van der Waals surface area contributed by atoms with Gasteiger partial charge in [0.05, 0.1) is 15.1 Å². The average Bonchev–Trinajstić information content (AvgIpc) is 2.88. The molecule has 1 amide bonds. The summed E-state index contributed by atoms with van der Waals surface area (Å²) in [7, 11) is 1.82. The molecule has 0 spiro atoms. The molecule has 0 N–H and O–H groups in total. The van der Waals surface area contributed by atoms with Crippen LogP contribution in [0.4, 0.5) is 5.69 Å². The molecule has 0 aliphatic heterocycles. The van der Waals surface area contributed by atoms with E-state index >= 15 is 0 Å². The minimum Gasteiger partial charge on any atom is -0.319 e. The van der Waals surface area contributed by atoms with Crippen molar-refractivity contribution < 1.29 is 9.72 Å². The van der Waals surface area contributed by atoms with Gasteiger partial charge < -0.3 is 4.57 Å². The molecule has 0 bridgehead atoms. The van der Waals surface area contributed by atoms with Gasteiger partial charge in [0.2, 0.25) is 0 Å². The van der Waals surface area contributed by atoms with Gasteiger partial charge in [0.1, 0.15) is 0 Å². The number of hydrogen-bond donors (Lipinski definition) is 0. The first kappa shape index (κ1) is 17.1. The monoisotopic (exact) mass is 373 g/mol. The van der Waals surface area contributed by atoms with Crippen LogP contribution in [0.5, 0.6) is 0 Å². The Hall–Kier alpha value is -2.77. The van der Waals surface area contributed by atoms with E-state index in [2.05, 4.69) is 4.99 Å². The highest BCUT2D eigenvalue weighted by Gasteiger charge is 2.06. The zero-order chi connectivity index (χ0) is 18.0. The lowest BCUT2D eigenvalue weighted by atomic mass is 10.2. The lowest BCUT2D eigenvalue weighted by molar-refractivity contribution is -0.384. The molecule has 0 fully saturated rings. The second-order valence-corrected chi connectivity index (χ2v) is 6.64. The Kier molecular flexibility index (Phi) is 4.78. The van der Waals surface area contributed by atoms with Gasteiger partial charge in [-0.15, -0.1) is 0 Å². The van der Waals surface area contributed by atoms with E-state index in [1.165, 1.54) is 35.6 Å². The van der Waals surface area contributed by atoms with Gasteiger partial charge in [0, 0.05) is 30.3 Å². The number of fused-ring (bicyclic) bond motifs is 1. The number of aromatic nitrogens is 1.